The molecule has 0 radical (unpaired) electrons. The van der Waals surface area contributed by atoms with Crippen LogP contribution in [-0.2, 0) is 11.8 Å². The van der Waals surface area contributed by atoms with E-state index in [1.807, 2.05) is 12.1 Å². The van der Waals surface area contributed by atoms with Gasteiger partial charge in [-0.25, -0.2) is 4.98 Å². The van der Waals surface area contributed by atoms with Crippen molar-refractivity contribution in [2.45, 2.75) is 32.6 Å². The zero-order valence-electron chi connectivity index (χ0n) is 10.1. The van der Waals surface area contributed by atoms with Gasteiger partial charge in [0.25, 0.3) is 0 Å². The van der Waals surface area contributed by atoms with Crippen LogP contribution in [0.15, 0.2) is 22.6 Å². The minimum Gasteiger partial charge on any atom is -0.440 e. The Kier molecular flexibility index (Phi) is 2.72. The van der Waals surface area contributed by atoms with E-state index in [4.69, 9.17) is 10.2 Å². The highest BCUT2D eigenvalue weighted by atomic mass is 16.3. The molecular formula is C13H18N2O. The molecular weight excluding hydrogens is 200 g/mol. The first-order chi connectivity index (χ1) is 7.52. The van der Waals surface area contributed by atoms with E-state index in [0.717, 1.165) is 23.4 Å². The molecule has 16 heavy (non-hydrogen) atoms. The summed E-state index contributed by atoms with van der Waals surface area (Å²) >= 11 is 0. The van der Waals surface area contributed by atoms with E-state index < -0.39 is 0 Å². The van der Waals surface area contributed by atoms with Crippen LogP contribution in [0.1, 0.15) is 32.2 Å². The summed E-state index contributed by atoms with van der Waals surface area (Å²) in [6.07, 6.45) is 0.841. The number of oxazole rings is 1. The predicted octanol–water partition coefficient (Wildman–Crippen LogP) is 2.63. The summed E-state index contributed by atoms with van der Waals surface area (Å²) in [6.45, 7) is 6.93. The summed E-state index contributed by atoms with van der Waals surface area (Å²) in [5.41, 5.74) is 8.51. The normalized spacial score (nSPS) is 12.2. The van der Waals surface area contributed by atoms with Crippen molar-refractivity contribution in [1.29, 1.82) is 0 Å². The largest absolute Gasteiger partial charge is 0.440 e. The molecule has 2 aromatic rings. The lowest BCUT2D eigenvalue weighted by atomic mass is 9.97. The summed E-state index contributed by atoms with van der Waals surface area (Å²) in [5.74, 6) is 0.784. The second kappa shape index (κ2) is 3.91. The SMILES string of the molecule is CC(C)(C)c1nc2c(CCN)cccc2o1. The van der Waals surface area contributed by atoms with Gasteiger partial charge in [-0.3, -0.25) is 0 Å². The lowest BCUT2D eigenvalue weighted by Crippen LogP contribution is -2.11. The van der Waals surface area contributed by atoms with Crippen LogP contribution >= 0.6 is 0 Å². The topological polar surface area (TPSA) is 52.0 Å². The first kappa shape index (κ1) is 11.1. The molecule has 86 valence electrons. The monoisotopic (exact) mass is 218 g/mol. The molecule has 1 heterocycles. The third-order valence-corrected chi connectivity index (χ3v) is 2.56. The zero-order valence-corrected chi connectivity index (χ0v) is 10.1. The van der Waals surface area contributed by atoms with Crippen LogP contribution in [0, 0.1) is 0 Å². The minimum absolute atomic E-state index is 0.0565. The van der Waals surface area contributed by atoms with E-state index in [9.17, 15) is 0 Å². The van der Waals surface area contributed by atoms with Crippen LogP contribution in [0.5, 0.6) is 0 Å². The fourth-order valence-electron chi connectivity index (χ4n) is 1.68. The Labute approximate surface area is 95.7 Å². The molecule has 0 aliphatic heterocycles. The van der Waals surface area contributed by atoms with Gasteiger partial charge in [0.1, 0.15) is 5.52 Å². The standard InChI is InChI=1S/C13H18N2O/c1-13(2,3)12-15-11-9(7-8-14)5-4-6-10(11)16-12/h4-6H,7-8,14H2,1-3H3. The maximum absolute atomic E-state index is 5.77. The molecule has 0 spiro atoms. The molecule has 2 N–H and O–H groups in total. The second-order valence-corrected chi connectivity index (χ2v) is 5.07. The van der Waals surface area contributed by atoms with E-state index >= 15 is 0 Å². The van der Waals surface area contributed by atoms with Crippen molar-refractivity contribution in [2.24, 2.45) is 5.73 Å². The Hall–Kier alpha value is -1.35. The fraction of sp³-hybridized carbons (Fsp3) is 0.462. The molecule has 1 aromatic carbocycles. The van der Waals surface area contributed by atoms with Crippen LogP contribution in [0.2, 0.25) is 0 Å². The fourth-order valence-corrected chi connectivity index (χ4v) is 1.68. The molecule has 1 aromatic heterocycles. The summed E-state index contributed by atoms with van der Waals surface area (Å²) in [7, 11) is 0. The number of hydrogen-bond donors (Lipinski definition) is 1. The van der Waals surface area contributed by atoms with Crippen molar-refractivity contribution in [3.63, 3.8) is 0 Å². The zero-order chi connectivity index (χ0) is 11.8. The van der Waals surface area contributed by atoms with Crippen LogP contribution < -0.4 is 5.73 Å². The molecule has 3 nitrogen and oxygen atoms in total. The van der Waals surface area contributed by atoms with Crippen LogP contribution in [0.25, 0.3) is 11.1 Å². The van der Waals surface area contributed by atoms with E-state index in [1.54, 1.807) is 0 Å². The van der Waals surface area contributed by atoms with Gasteiger partial charge in [0.05, 0.1) is 0 Å². The smallest absolute Gasteiger partial charge is 0.200 e. The van der Waals surface area contributed by atoms with Gasteiger partial charge in [0.2, 0.25) is 5.89 Å². The first-order valence-corrected chi connectivity index (χ1v) is 5.61. The van der Waals surface area contributed by atoms with Gasteiger partial charge in [-0.1, -0.05) is 32.9 Å². The average Bonchev–Trinajstić information content (AvgIpc) is 2.62. The van der Waals surface area contributed by atoms with Crippen molar-refractivity contribution < 1.29 is 4.42 Å². The maximum Gasteiger partial charge on any atom is 0.200 e. The van der Waals surface area contributed by atoms with Crippen LogP contribution in [0.3, 0.4) is 0 Å². The van der Waals surface area contributed by atoms with Crippen LogP contribution in [-0.4, -0.2) is 11.5 Å². The van der Waals surface area contributed by atoms with Crippen molar-refractivity contribution in [1.82, 2.24) is 4.98 Å². The number of rotatable bonds is 2. The van der Waals surface area contributed by atoms with Gasteiger partial charge in [-0.15, -0.1) is 0 Å². The number of para-hydroxylation sites is 1. The molecule has 0 atom stereocenters. The van der Waals surface area contributed by atoms with Gasteiger partial charge in [-0.05, 0) is 24.6 Å². The van der Waals surface area contributed by atoms with Crippen molar-refractivity contribution >= 4 is 11.1 Å². The van der Waals surface area contributed by atoms with Gasteiger partial charge >= 0.3 is 0 Å². The lowest BCUT2D eigenvalue weighted by Gasteiger charge is -2.11. The van der Waals surface area contributed by atoms with Crippen molar-refractivity contribution in [2.75, 3.05) is 6.54 Å². The maximum atomic E-state index is 5.77. The van der Waals surface area contributed by atoms with E-state index in [0.29, 0.717) is 6.54 Å². The third kappa shape index (κ3) is 1.95. The summed E-state index contributed by atoms with van der Waals surface area (Å²) in [5, 5.41) is 0. The Morgan fingerprint density at radius 3 is 2.69 bits per heavy atom. The second-order valence-electron chi connectivity index (χ2n) is 5.07. The van der Waals surface area contributed by atoms with E-state index in [2.05, 4.69) is 31.8 Å². The number of fused-ring (bicyclic) bond motifs is 1. The van der Waals surface area contributed by atoms with Gasteiger partial charge < -0.3 is 10.2 Å². The molecule has 2 rings (SSSR count). The number of benzene rings is 1. The summed E-state index contributed by atoms with van der Waals surface area (Å²) in [6, 6.07) is 6.01. The molecule has 0 aliphatic carbocycles. The third-order valence-electron chi connectivity index (χ3n) is 2.56. The molecule has 0 fully saturated rings. The van der Waals surface area contributed by atoms with E-state index in [-0.39, 0.29) is 5.41 Å². The Morgan fingerprint density at radius 1 is 1.31 bits per heavy atom. The molecule has 0 bridgehead atoms. The lowest BCUT2D eigenvalue weighted by molar-refractivity contribution is 0.411. The summed E-state index contributed by atoms with van der Waals surface area (Å²) < 4.78 is 5.77. The Balaban J connectivity index is 2.57. The number of nitrogens with two attached hydrogens (primary N) is 1. The quantitative estimate of drug-likeness (QED) is 0.843. The molecule has 0 unspecified atom stereocenters. The van der Waals surface area contributed by atoms with Crippen LogP contribution in [0.4, 0.5) is 0 Å². The summed E-state index contributed by atoms with van der Waals surface area (Å²) in [4.78, 5) is 4.58. The highest BCUT2D eigenvalue weighted by molar-refractivity contribution is 5.76. The average molecular weight is 218 g/mol. The first-order valence-electron chi connectivity index (χ1n) is 5.61. The number of aromatic nitrogens is 1. The Bertz CT molecular complexity index is 494. The van der Waals surface area contributed by atoms with Gasteiger partial charge in [0.15, 0.2) is 5.58 Å². The molecule has 0 saturated heterocycles. The highest BCUT2D eigenvalue weighted by Crippen LogP contribution is 2.27. The molecule has 0 amide bonds. The van der Waals surface area contributed by atoms with Gasteiger partial charge in [-0.2, -0.15) is 0 Å². The van der Waals surface area contributed by atoms with Crippen molar-refractivity contribution in [3.8, 4) is 0 Å². The predicted molar refractivity (Wildman–Crippen MR) is 65.5 cm³/mol. The van der Waals surface area contributed by atoms with Crippen molar-refractivity contribution in [3.05, 3.63) is 29.7 Å². The molecule has 0 saturated carbocycles. The van der Waals surface area contributed by atoms with Gasteiger partial charge in [0, 0.05) is 5.41 Å². The minimum atomic E-state index is -0.0565. The number of nitrogens with zero attached hydrogens (tertiary/aromatic N) is 1. The molecule has 0 aliphatic rings. The number of hydrogen-bond acceptors (Lipinski definition) is 3. The van der Waals surface area contributed by atoms with E-state index in [1.165, 1.54) is 5.56 Å². The molecule has 3 heteroatoms. The highest BCUT2D eigenvalue weighted by Gasteiger charge is 2.21. The Morgan fingerprint density at radius 2 is 2.06 bits per heavy atom.